The van der Waals surface area contributed by atoms with Gasteiger partial charge in [0.05, 0.1) is 6.21 Å². The van der Waals surface area contributed by atoms with E-state index in [0.717, 1.165) is 11.1 Å². The van der Waals surface area contributed by atoms with Crippen molar-refractivity contribution in [1.82, 2.24) is 5.43 Å². The first kappa shape index (κ1) is 14.1. The van der Waals surface area contributed by atoms with Gasteiger partial charge in [-0.15, -0.1) is 0 Å². The number of nitrogens with one attached hydrogen (secondary N) is 2. The summed E-state index contributed by atoms with van der Waals surface area (Å²) in [7, 11) is 0. The number of hydrogen-bond acceptors (Lipinski definition) is 2. The highest BCUT2D eigenvalue weighted by molar-refractivity contribution is 6.33. The lowest BCUT2D eigenvalue weighted by molar-refractivity contribution is 0.252. The van der Waals surface area contributed by atoms with Crippen LogP contribution in [0.25, 0.3) is 0 Å². The van der Waals surface area contributed by atoms with E-state index in [1.165, 1.54) is 6.21 Å². The SMILES string of the molecule is Cc1ccc(NC(=O)N/N=C/c2ccccc2Cl)cc1. The summed E-state index contributed by atoms with van der Waals surface area (Å²) >= 11 is 5.96. The summed E-state index contributed by atoms with van der Waals surface area (Å²) in [4.78, 5) is 11.6. The zero-order valence-corrected chi connectivity index (χ0v) is 11.7. The van der Waals surface area contributed by atoms with Gasteiger partial charge in [0.25, 0.3) is 0 Å². The van der Waals surface area contributed by atoms with Crippen LogP contribution in [-0.4, -0.2) is 12.2 Å². The average molecular weight is 288 g/mol. The lowest BCUT2D eigenvalue weighted by Crippen LogP contribution is -2.24. The summed E-state index contributed by atoms with van der Waals surface area (Å²) in [5.41, 5.74) is 4.96. The largest absolute Gasteiger partial charge is 0.339 e. The van der Waals surface area contributed by atoms with E-state index in [1.54, 1.807) is 6.07 Å². The van der Waals surface area contributed by atoms with Gasteiger partial charge in [0.1, 0.15) is 0 Å². The molecule has 20 heavy (non-hydrogen) atoms. The number of benzene rings is 2. The Balaban J connectivity index is 1.89. The first-order valence-electron chi connectivity index (χ1n) is 6.06. The molecule has 2 N–H and O–H groups in total. The molecule has 0 spiro atoms. The Labute approximate surface area is 122 Å². The number of hydrazone groups is 1. The first-order valence-corrected chi connectivity index (χ1v) is 6.44. The maximum Gasteiger partial charge on any atom is 0.339 e. The minimum absolute atomic E-state index is 0.405. The number of aryl methyl sites for hydroxylation is 1. The predicted molar refractivity (Wildman–Crippen MR) is 82.4 cm³/mol. The number of urea groups is 1. The number of carbonyl (C=O) groups is 1. The average Bonchev–Trinajstić information content (AvgIpc) is 2.43. The predicted octanol–water partition coefficient (Wildman–Crippen LogP) is 3.80. The number of nitrogens with zero attached hydrogens (tertiary/aromatic N) is 1. The van der Waals surface area contributed by atoms with E-state index in [0.29, 0.717) is 10.7 Å². The van der Waals surface area contributed by atoms with Gasteiger partial charge in [-0.2, -0.15) is 5.10 Å². The van der Waals surface area contributed by atoms with E-state index in [9.17, 15) is 4.79 Å². The van der Waals surface area contributed by atoms with Crippen molar-refractivity contribution >= 4 is 29.5 Å². The van der Waals surface area contributed by atoms with Crippen molar-refractivity contribution in [3.8, 4) is 0 Å². The van der Waals surface area contributed by atoms with Gasteiger partial charge in [0.15, 0.2) is 0 Å². The fourth-order valence-electron chi connectivity index (χ4n) is 1.54. The normalized spacial score (nSPS) is 10.5. The van der Waals surface area contributed by atoms with Gasteiger partial charge < -0.3 is 5.32 Å². The zero-order chi connectivity index (χ0) is 14.4. The van der Waals surface area contributed by atoms with Crippen LogP contribution < -0.4 is 10.7 Å². The second-order valence-corrected chi connectivity index (χ2v) is 4.62. The van der Waals surface area contributed by atoms with Crippen LogP contribution >= 0.6 is 11.6 Å². The molecule has 0 saturated carbocycles. The maximum atomic E-state index is 11.6. The van der Waals surface area contributed by atoms with Crippen molar-refractivity contribution in [2.75, 3.05) is 5.32 Å². The summed E-state index contributed by atoms with van der Waals surface area (Å²) in [5, 5.41) is 7.10. The second kappa shape index (κ2) is 6.73. The van der Waals surface area contributed by atoms with Gasteiger partial charge >= 0.3 is 6.03 Å². The van der Waals surface area contributed by atoms with Crippen LogP contribution in [0.4, 0.5) is 10.5 Å². The van der Waals surface area contributed by atoms with E-state index < -0.39 is 6.03 Å². The molecular formula is C15H14ClN3O. The molecule has 0 fully saturated rings. The molecule has 0 aromatic heterocycles. The van der Waals surface area contributed by atoms with Crippen LogP contribution in [0, 0.1) is 6.92 Å². The lowest BCUT2D eigenvalue weighted by atomic mass is 10.2. The van der Waals surface area contributed by atoms with Crippen molar-refractivity contribution in [3.63, 3.8) is 0 Å². The Bertz CT molecular complexity index is 623. The Morgan fingerprint density at radius 2 is 1.85 bits per heavy atom. The molecule has 0 radical (unpaired) electrons. The third kappa shape index (κ3) is 4.10. The first-order chi connectivity index (χ1) is 9.65. The molecule has 102 valence electrons. The maximum absolute atomic E-state index is 11.6. The smallest absolute Gasteiger partial charge is 0.307 e. The highest BCUT2D eigenvalue weighted by Gasteiger charge is 1.99. The summed E-state index contributed by atoms with van der Waals surface area (Å²) in [6.07, 6.45) is 1.50. The molecule has 2 aromatic rings. The van der Waals surface area contributed by atoms with E-state index in [-0.39, 0.29) is 0 Å². The van der Waals surface area contributed by atoms with E-state index >= 15 is 0 Å². The number of amides is 2. The minimum atomic E-state index is -0.405. The minimum Gasteiger partial charge on any atom is -0.307 e. The number of rotatable bonds is 3. The molecular weight excluding hydrogens is 274 g/mol. The Morgan fingerprint density at radius 1 is 1.15 bits per heavy atom. The van der Waals surface area contributed by atoms with Gasteiger partial charge in [-0.05, 0) is 25.1 Å². The third-order valence-electron chi connectivity index (χ3n) is 2.58. The highest BCUT2D eigenvalue weighted by atomic mass is 35.5. The van der Waals surface area contributed by atoms with Crippen molar-refractivity contribution in [1.29, 1.82) is 0 Å². The molecule has 5 heteroatoms. The number of carbonyl (C=O) groups excluding carboxylic acids is 1. The van der Waals surface area contributed by atoms with Crippen LogP contribution in [0.3, 0.4) is 0 Å². The molecule has 2 rings (SSSR count). The summed E-state index contributed by atoms with van der Waals surface area (Å²) in [5.74, 6) is 0. The Kier molecular flexibility index (Phi) is 4.74. The molecule has 0 atom stereocenters. The monoisotopic (exact) mass is 287 g/mol. The molecule has 0 aliphatic rings. The van der Waals surface area contributed by atoms with Gasteiger partial charge in [-0.3, -0.25) is 0 Å². The molecule has 0 bridgehead atoms. The van der Waals surface area contributed by atoms with Gasteiger partial charge in [-0.1, -0.05) is 47.5 Å². The third-order valence-corrected chi connectivity index (χ3v) is 2.93. The Hall–Kier alpha value is -2.33. The second-order valence-electron chi connectivity index (χ2n) is 4.21. The van der Waals surface area contributed by atoms with Crippen LogP contribution in [0.1, 0.15) is 11.1 Å². The van der Waals surface area contributed by atoms with Crippen LogP contribution in [-0.2, 0) is 0 Å². The lowest BCUT2D eigenvalue weighted by Gasteiger charge is -2.04. The van der Waals surface area contributed by atoms with Gasteiger partial charge in [0.2, 0.25) is 0 Å². The van der Waals surface area contributed by atoms with E-state index in [1.807, 2.05) is 49.4 Å². The van der Waals surface area contributed by atoms with Crippen molar-refractivity contribution in [3.05, 3.63) is 64.7 Å². The van der Waals surface area contributed by atoms with E-state index in [2.05, 4.69) is 15.8 Å². The fraction of sp³-hybridized carbons (Fsp3) is 0.0667. The molecule has 2 aromatic carbocycles. The van der Waals surface area contributed by atoms with Crippen molar-refractivity contribution < 1.29 is 4.79 Å². The molecule has 0 aliphatic heterocycles. The van der Waals surface area contributed by atoms with Crippen molar-refractivity contribution in [2.45, 2.75) is 6.92 Å². The van der Waals surface area contributed by atoms with Crippen LogP contribution in [0.5, 0.6) is 0 Å². The molecule has 0 unspecified atom stereocenters. The molecule has 0 saturated heterocycles. The quantitative estimate of drug-likeness (QED) is 0.655. The molecule has 4 nitrogen and oxygen atoms in total. The topological polar surface area (TPSA) is 53.5 Å². The van der Waals surface area contributed by atoms with Crippen LogP contribution in [0.15, 0.2) is 53.6 Å². The summed E-state index contributed by atoms with van der Waals surface area (Å²) < 4.78 is 0. The Morgan fingerprint density at radius 3 is 2.55 bits per heavy atom. The number of hydrogen-bond donors (Lipinski definition) is 2. The summed E-state index contributed by atoms with van der Waals surface area (Å²) in [6, 6.07) is 14.3. The molecule has 0 heterocycles. The van der Waals surface area contributed by atoms with E-state index in [4.69, 9.17) is 11.6 Å². The molecule has 2 amide bonds. The highest BCUT2D eigenvalue weighted by Crippen LogP contribution is 2.12. The standard InChI is InChI=1S/C15H14ClN3O/c1-11-6-8-13(9-7-11)18-15(20)19-17-10-12-4-2-3-5-14(12)16/h2-10H,1H3,(H2,18,19,20)/b17-10+. The van der Waals surface area contributed by atoms with Crippen LogP contribution in [0.2, 0.25) is 5.02 Å². The zero-order valence-electron chi connectivity index (χ0n) is 10.9. The fourth-order valence-corrected chi connectivity index (χ4v) is 1.72. The number of halogens is 1. The van der Waals surface area contributed by atoms with Gasteiger partial charge in [0, 0.05) is 16.3 Å². The number of anilines is 1. The van der Waals surface area contributed by atoms with Gasteiger partial charge in [-0.25, -0.2) is 10.2 Å². The molecule has 0 aliphatic carbocycles. The summed E-state index contributed by atoms with van der Waals surface area (Å²) in [6.45, 7) is 1.98. The van der Waals surface area contributed by atoms with Crippen molar-refractivity contribution in [2.24, 2.45) is 5.10 Å².